The average Bonchev–Trinajstić information content (AvgIpc) is 3.17. The molecule has 142 valence electrons. The Morgan fingerprint density at radius 2 is 1.85 bits per heavy atom. The number of ether oxygens (including phenoxy) is 1. The minimum Gasteiger partial charge on any atom is -0.409 e. The number of nitrogens with zero attached hydrogens (tertiary/aromatic N) is 2. The second-order valence-electron chi connectivity index (χ2n) is 7.52. The van der Waals surface area contributed by atoms with Crippen LogP contribution in [0, 0.1) is 0 Å². The first-order chi connectivity index (χ1) is 13.1. The molecule has 27 heavy (non-hydrogen) atoms. The highest BCUT2D eigenvalue weighted by Crippen LogP contribution is 2.37. The van der Waals surface area contributed by atoms with Crippen LogP contribution in [0.5, 0.6) is 5.75 Å². The second-order valence-corrected chi connectivity index (χ2v) is 7.93. The van der Waals surface area contributed by atoms with Gasteiger partial charge in [0, 0.05) is 32.1 Å². The molecule has 2 aromatic rings. The molecule has 2 aromatic carbocycles. The summed E-state index contributed by atoms with van der Waals surface area (Å²) in [6, 6.07) is 14.5. The van der Waals surface area contributed by atoms with Crippen LogP contribution >= 0.6 is 11.6 Å². The minimum absolute atomic E-state index is 0.232. The summed E-state index contributed by atoms with van der Waals surface area (Å²) in [5.74, 6) is 0.702. The first-order valence-electron chi connectivity index (χ1n) is 9.64. The first kappa shape index (κ1) is 18.3. The lowest BCUT2D eigenvalue weighted by molar-refractivity contribution is 0.162. The van der Waals surface area contributed by atoms with Crippen molar-refractivity contribution in [1.82, 2.24) is 9.80 Å². The molecule has 1 saturated heterocycles. The molecule has 0 bridgehead atoms. The number of amides is 1. The van der Waals surface area contributed by atoms with Crippen LogP contribution in [-0.4, -0.2) is 49.1 Å². The summed E-state index contributed by atoms with van der Waals surface area (Å²) in [5, 5.41) is 0.512. The van der Waals surface area contributed by atoms with Gasteiger partial charge in [-0.05, 0) is 55.1 Å². The fourth-order valence-corrected chi connectivity index (χ4v) is 4.30. The summed E-state index contributed by atoms with van der Waals surface area (Å²) in [6.45, 7) is 3.44. The van der Waals surface area contributed by atoms with Gasteiger partial charge in [0.05, 0.1) is 5.02 Å². The number of likely N-dealkylation sites (N-methyl/N-ethyl adjacent to an activating group) is 1. The SMILES string of the molecule is CN1CCc2cc(Cl)c(OC(=O)N3CCCC3)cc2[C@H](c2ccccc2)C1. The Bertz CT molecular complexity index is 819. The Balaban J connectivity index is 1.69. The van der Waals surface area contributed by atoms with E-state index in [1.165, 1.54) is 16.7 Å². The van der Waals surface area contributed by atoms with Gasteiger partial charge in [0.25, 0.3) is 0 Å². The van der Waals surface area contributed by atoms with E-state index >= 15 is 0 Å². The third-order valence-corrected chi connectivity index (χ3v) is 5.89. The molecular weight excluding hydrogens is 360 g/mol. The molecule has 0 radical (unpaired) electrons. The number of carbonyl (C=O) groups excluding carboxylic acids is 1. The van der Waals surface area contributed by atoms with E-state index in [4.69, 9.17) is 16.3 Å². The Morgan fingerprint density at radius 3 is 2.59 bits per heavy atom. The fraction of sp³-hybridized carbons (Fsp3) is 0.409. The monoisotopic (exact) mass is 384 g/mol. The number of hydrogen-bond donors (Lipinski definition) is 0. The van der Waals surface area contributed by atoms with Crippen LogP contribution in [0.2, 0.25) is 5.02 Å². The maximum absolute atomic E-state index is 12.4. The maximum atomic E-state index is 12.4. The molecule has 2 aliphatic heterocycles. The highest BCUT2D eigenvalue weighted by Gasteiger charge is 2.26. The van der Waals surface area contributed by atoms with Crippen molar-refractivity contribution in [2.24, 2.45) is 0 Å². The van der Waals surface area contributed by atoms with Crippen molar-refractivity contribution in [1.29, 1.82) is 0 Å². The molecule has 0 saturated carbocycles. The van der Waals surface area contributed by atoms with Crippen molar-refractivity contribution in [3.05, 3.63) is 64.2 Å². The number of rotatable bonds is 2. The van der Waals surface area contributed by atoms with Gasteiger partial charge in [-0.15, -0.1) is 0 Å². The minimum atomic E-state index is -0.295. The van der Waals surface area contributed by atoms with Crippen molar-refractivity contribution < 1.29 is 9.53 Å². The highest BCUT2D eigenvalue weighted by molar-refractivity contribution is 6.32. The third kappa shape index (κ3) is 3.97. The lowest BCUT2D eigenvalue weighted by Gasteiger charge is -2.23. The van der Waals surface area contributed by atoms with Crippen molar-refractivity contribution in [2.75, 3.05) is 33.2 Å². The maximum Gasteiger partial charge on any atom is 0.415 e. The van der Waals surface area contributed by atoms with Crippen LogP contribution in [0.4, 0.5) is 4.79 Å². The molecule has 0 spiro atoms. The van der Waals surface area contributed by atoms with E-state index in [2.05, 4.69) is 36.2 Å². The van der Waals surface area contributed by atoms with E-state index in [1.807, 2.05) is 18.2 Å². The number of hydrogen-bond acceptors (Lipinski definition) is 3. The third-order valence-electron chi connectivity index (χ3n) is 5.59. The normalized spacial score (nSPS) is 20.2. The zero-order valence-corrected chi connectivity index (χ0v) is 16.4. The number of halogens is 1. The molecule has 0 aliphatic carbocycles. The van der Waals surface area contributed by atoms with Gasteiger partial charge in [-0.1, -0.05) is 41.9 Å². The van der Waals surface area contributed by atoms with Crippen LogP contribution in [0.3, 0.4) is 0 Å². The van der Waals surface area contributed by atoms with Gasteiger partial charge in [0.2, 0.25) is 0 Å². The molecule has 0 aromatic heterocycles. The van der Waals surface area contributed by atoms with Crippen LogP contribution in [-0.2, 0) is 6.42 Å². The van der Waals surface area contributed by atoms with E-state index in [9.17, 15) is 4.79 Å². The average molecular weight is 385 g/mol. The Kier molecular flexibility index (Phi) is 5.37. The molecule has 1 fully saturated rings. The molecule has 1 amide bonds. The van der Waals surface area contributed by atoms with E-state index in [-0.39, 0.29) is 12.0 Å². The van der Waals surface area contributed by atoms with Gasteiger partial charge in [0.1, 0.15) is 0 Å². The topological polar surface area (TPSA) is 32.8 Å². The molecule has 2 aliphatic rings. The summed E-state index contributed by atoms with van der Waals surface area (Å²) in [6.07, 6.45) is 2.72. The lowest BCUT2D eigenvalue weighted by Crippen LogP contribution is -2.30. The van der Waals surface area contributed by atoms with Gasteiger partial charge < -0.3 is 14.5 Å². The summed E-state index contributed by atoms with van der Waals surface area (Å²) >= 11 is 6.49. The molecular formula is C22H25ClN2O2. The number of benzene rings is 2. The molecule has 5 heteroatoms. The van der Waals surface area contributed by atoms with Gasteiger partial charge in [-0.3, -0.25) is 0 Å². The zero-order chi connectivity index (χ0) is 18.8. The summed E-state index contributed by atoms with van der Waals surface area (Å²) < 4.78 is 5.69. The number of fused-ring (bicyclic) bond motifs is 1. The van der Waals surface area contributed by atoms with Crippen LogP contribution in [0.1, 0.15) is 35.4 Å². The van der Waals surface area contributed by atoms with Crippen molar-refractivity contribution in [3.8, 4) is 5.75 Å². The number of carbonyl (C=O) groups is 1. The summed E-state index contributed by atoms with van der Waals surface area (Å²) in [5.41, 5.74) is 3.71. The lowest BCUT2D eigenvalue weighted by atomic mass is 9.88. The standard InChI is InChI=1S/C22H25ClN2O2/c1-24-12-9-17-13-20(23)21(27-22(26)25-10-5-6-11-25)14-18(17)19(15-24)16-7-3-2-4-8-16/h2-4,7-8,13-14,19H,5-6,9-12,15H2,1H3/t19-/m0/s1. The molecule has 0 unspecified atom stereocenters. The Labute approximate surface area is 165 Å². The second kappa shape index (κ2) is 7.91. The van der Waals surface area contributed by atoms with Crippen molar-refractivity contribution in [2.45, 2.75) is 25.2 Å². The van der Waals surface area contributed by atoms with E-state index in [0.29, 0.717) is 10.8 Å². The van der Waals surface area contributed by atoms with Crippen molar-refractivity contribution in [3.63, 3.8) is 0 Å². The number of likely N-dealkylation sites (tertiary alicyclic amines) is 1. The zero-order valence-electron chi connectivity index (χ0n) is 15.7. The van der Waals surface area contributed by atoms with E-state index in [0.717, 1.165) is 45.4 Å². The van der Waals surface area contributed by atoms with Crippen LogP contribution in [0.25, 0.3) is 0 Å². The fourth-order valence-electron chi connectivity index (χ4n) is 4.07. The van der Waals surface area contributed by atoms with Crippen LogP contribution < -0.4 is 4.74 Å². The molecule has 2 heterocycles. The molecule has 1 atom stereocenters. The predicted octanol–water partition coefficient (Wildman–Crippen LogP) is 4.55. The smallest absolute Gasteiger partial charge is 0.409 e. The summed E-state index contributed by atoms with van der Waals surface area (Å²) in [4.78, 5) is 16.5. The predicted molar refractivity (Wildman–Crippen MR) is 108 cm³/mol. The Morgan fingerprint density at radius 1 is 1.11 bits per heavy atom. The van der Waals surface area contributed by atoms with E-state index < -0.39 is 0 Å². The van der Waals surface area contributed by atoms with Gasteiger partial charge in [-0.25, -0.2) is 4.79 Å². The quantitative estimate of drug-likeness (QED) is 0.761. The highest BCUT2D eigenvalue weighted by atomic mass is 35.5. The summed E-state index contributed by atoms with van der Waals surface area (Å²) in [7, 11) is 2.15. The van der Waals surface area contributed by atoms with Crippen LogP contribution in [0.15, 0.2) is 42.5 Å². The van der Waals surface area contributed by atoms with Gasteiger partial charge in [0.15, 0.2) is 5.75 Å². The van der Waals surface area contributed by atoms with E-state index in [1.54, 1.807) is 4.90 Å². The Hall–Kier alpha value is -2.04. The van der Waals surface area contributed by atoms with Gasteiger partial charge in [-0.2, -0.15) is 0 Å². The molecule has 4 nitrogen and oxygen atoms in total. The van der Waals surface area contributed by atoms with Gasteiger partial charge >= 0.3 is 6.09 Å². The molecule has 4 rings (SSSR count). The van der Waals surface area contributed by atoms with Crippen molar-refractivity contribution >= 4 is 17.7 Å². The largest absolute Gasteiger partial charge is 0.415 e. The first-order valence-corrected chi connectivity index (χ1v) is 10.0. The molecule has 0 N–H and O–H groups in total.